The van der Waals surface area contributed by atoms with Crippen LogP contribution in [0, 0.1) is 0 Å². The van der Waals surface area contributed by atoms with E-state index in [0.29, 0.717) is 0 Å². The number of rotatable bonds is 9. The lowest BCUT2D eigenvalue weighted by Gasteiger charge is -2.40. The summed E-state index contributed by atoms with van der Waals surface area (Å²) in [5.41, 5.74) is -2.21. The number of carboxylic acid groups (broad SMARTS) is 3. The van der Waals surface area contributed by atoms with Gasteiger partial charge in [0.2, 0.25) is 0 Å². The number of likely N-dealkylation sites (N-methyl/N-ethyl adjacent to an activating group) is 1. The van der Waals surface area contributed by atoms with Gasteiger partial charge in [-0.25, -0.2) is 4.79 Å². The fourth-order valence-corrected chi connectivity index (χ4v) is 3.88. The zero-order valence-electron chi connectivity index (χ0n) is 18.4. The molecule has 0 aromatic heterocycles. The van der Waals surface area contributed by atoms with Crippen molar-refractivity contribution in [3.63, 3.8) is 0 Å². The third-order valence-electron chi connectivity index (χ3n) is 5.50. The number of nitrogens with zero attached hydrogens (tertiary/aromatic N) is 1. The van der Waals surface area contributed by atoms with Gasteiger partial charge in [0, 0.05) is 12.5 Å². The second-order valence-electron chi connectivity index (χ2n) is 8.55. The van der Waals surface area contributed by atoms with Crippen molar-refractivity contribution in [3.05, 3.63) is 29.8 Å². The van der Waals surface area contributed by atoms with E-state index in [4.69, 9.17) is 20.4 Å². The van der Waals surface area contributed by atoms with E-state index in [0.717, 1.165) is 37.8 Å². The molecule has 0 radical (unpaired) electrons. The first-order chi connectivity index (χ1) is 14.8. The Bertz CT molecular complexity index is 754. The van der Waals surface area contributed by atoms with Crippen molar-refractivity contribution in [1.29, 1.82) is 0 Å². The van der Waals surface area contributed by atoms with Gasteiger partial charge in [-0.05, 0) is 44.6 Å². The molecule has 0 aliphatic heterocycles. The molecule has 1 aliphatic carbocycles. The van der Waals surface area contributed by atoms with E-state index in [1.165, 1.54) is 6.42 Å². The second kappa shape index (κ2) is 11.8. The summed E-state index contributed by atoms with van der Waals surface area (Å²) in [6.07, 6.45) is 2.92. The van der Waals surface area contributed by atoms with Gasteiger partial charge in [0.25, 0.3) is 0 Å². The van der Waals surface area contributed by atoms with Crippen LogP contribution in [0.5, 0.6) is 5.75 Å². The molecule has 1 unspecified atom stereocenters. The number of aromatic hydroxyl groups is 1. The molecule has 180 valence electrons. The minimum Gasteiger partial charge on any atom is -0.508 e. The number of carbonyl (C=O) groups is 3. The quantitative estimate of drug-likeness (QED) is 0.320. The van der Waals surface area contributed by atoms with Gasteiger partial charge in [0.15, 0.2) is 5.60 Å². The van der Waals surface area contributed by atoms with Gasteiger partial charge in [0.05, 0.1) is 18.4 Å². The Hall–Kier alpha value is -2.69. The van der Waals surface area contributed by atoms with Gasteiger partial charge in [-0.3, -0.25) is 9.59 Å². The molecule has 0 saturated heterocycles. The van der Waals surface area contributed by atoms with Crippen molar-refractivity contribution < 1.29 is 45.0 Å². The normalized spacial score (nSPS) is 16.5. The largest absolute Gasteiger partial charge is 0.508 e. The lowest BCUT2D eigenvalue weighted by Crippen LogP contribution is -2.42. The fourth-order valence-electron chi connectivity index (χ4n) is 3.88. The number of phenols is 1. The van der Waals surface area contributed by atoms with E-state index in [-0.39, 0.29) is 11.7 Å². The van der Waals surface area contributed by atoms with Crippen molar-refractivity contribution in [2.45, 2.75) is 62.1 Å². The summed E-state index contributed by atoms with van der Waals surface area (Å²) >= 11 is 0. The van der Waals surface area contributed by atoms with E-state index in [1.54, 1.807) is 12.1 Å². The SMILES string of the molecule is CN(C)CC(c1ccc(O)cc1)C1(O)CCCCC1.O=C(O)CC(O)(CC(=O)O)C(=O)O. The summed E-state index contributed by atoms with van der Waals surface area (Å²) in [5, 5.41) is 54.2. The number of carboxylic acids is 3. The summed E-state index contributed by atoms with van der Waals surface area (Å²) in [5.74, 6) is -4.62. The molecular formula is C22H33NO9. The van der Waals surface area contributed by atoms with E-state index in [2.05, 4.69) is 4.90 Å². The van der Waals surface area contributed by atoms with Gasteiger partial charge in [0.1, 0.15) is 5.75 Å². The van der Waals surface area contributed by atoms with Crippen LogP contribution in [0.2, 0.25) is 0 Å². The van der Waals surface area contributed by atoms with E-state index in [1.807, 2.05) is 26.2 Å². The molecule has 0 spiro atoms. The predicted molar refractivity (Wildman–Crippen MR) is 115 cm³/mol. The zero-order chi connectivity index (χ0) is 24.5. The first-order valence-electron chi connectivity index (χ1n) is 10.3. The van der Waals surface area contributed by atoms with Crippen LogP contribution in [0.25, 0.3) is 0 Å². The molecule has 10 heteroatoms. The molecule has 1 aromatic carbocycles. The van der Waals surface area contributed by atoms with E-state index in [9.17, 15) is 24.6 Å². The molecule has 2 rings (SSSR count). The molecule has 10 nitrogen and oxygen atoms in total. The van der Waals surface area contributed by atoms with Crippen LogP contribution in [-0.2, 0) is 14.4 Å². The minimum atomic E-state index is -2.74. The molecule has 1 aromatic rings. The maximum Gasteiger partial charge on any atom is 0.336 e. The molecule has 1 aliphatic rings. The molecule has 0 amide bonds. The molecule has 1 fully saturated rings. The Morgan fingerprint density at radius 3 is 1.81 bits per heavy atom. The summed E-state index contributed by atoms with van der Waals surface area (Å²) < 4.78 is 0. The predicted octanol–water partition coefficient (Wildman–Crippen LogP) is 1.48. The standard InChI is InChI=1S/C16H25NO2.C6H8O7/c1-17(2)12-15(13-6-8-14(18)9-7-13)16(19)10-4-3-5-11-16;7-3(8)1-6(13,5(11)12)2-4(9)10/h6-9,15,18-19H,3-5,10-12H2,1-2H3;13H,1-2H2,(H,7,8)(H,9,10)(H,11,12). The van der Waals surface area contributed by atoms with Crippen molar-refractivity contribution >= 4 is 17.9 Å². The highest BCUT2D eigenvalue weighted by Crippen LogP contribution is 2.40. The molecule has 1 atom stereocenters. The Labute approximate surface area is 186 Å². The smallest absolute Gasteiger partial charge is 0.336 e. The number of benzene rings is 1. The summed E-state index contributed by atoms with van der Waals surface area (Å²) in [7, 11) is 4.08. The molecule has 32 heavy (non-hydrogen) atoms. The first kappa shape index (κ1) is 27.3. The monoisotopic (exact) mass is 455 g/mol. The Morgan fingerprint density at radius 1 is 0.969 bits per heavy atom. The number of aliphatic hydroxyl groups is 2. The lowest BCUT2D eigenvalue weighted by atomic mass is 9.72. The third kappa shape index (κ3) is 8.45. The average molecular weight is 456 g/mol. The van der Waals surface area contributed by atoms with Crippen molar-refractivity contribution in [1.82, 2.24) is 4.90 Å². The van der Waals surface area contributed by atoms with Crippen LogP contribution >= 0.6 is 0 Å². The van der Waals surface area contributed by atoms with Crippen LogP contribution < -0.4 is 0 Å². The Balaban J connectivity index is 0.000000347. The zero-order valence-corrected chi connectivity index (χ0v) is 18.4. The van der Waals surface area contributed by atoms with Crippen LogP contribution in [0.4, 0.5) is 0 Å². The van der Waals surface area contributed by atoms with Gasteiger partial charge >= 0.3 is 17.9 Å². The molecule has 1 saturated carbocycles. The summed E-state index contributed by atoms with van der Waals surface area (Å²) in [4.78, 5) is 32.6. The van der Waals surface area contributed by atoms with Crippen LogP contribution in [0.15, 0.2) is 24.3 Å². The number of phenolic OH excluding ortho intramolecular Hbond substituents is 1. The minimum absolute atomic E-state index is 0.114. The highest BCUT2D eigenvalue weighted by atomic mass is 16.4. The Kier molecular flexibility index (Phi) is 10.1. The van der Waals surface area contributed by atoms with Crippen molar-refractivity contribution in [2.75, 3.05) is 20.6 Å². The molecule has 0 bridgehead atoms. The summed E-state index contributed by atoms with van der Waals surface area (Å²) in [6.45, 7) is 0.835. The van der Waals surface area contributed by atoms with Gasteiger partial charge in [-0.2, -0.15) is 0 Å². The molecular weight excluding hydrogens is 422 g/mol. The third-order valence-corrected chi connectivity index (χ3v) is 5.50. The average Bonchev–Trinajstić information content (AvgIpc) is 2.66. The first-order valence-corrected chi connectivity index (χ1v) is 10.3. The van der Waals surface area contributed by atoms with Crippen LogP contribution in [0.3, 0.4) is 0 Å². The van der Waals surface area contributed by atoms with E-state index < -0.39 is 42.0 Å². The van der Waals surface area contributed by atoms with Crippen molar-refractivity contribution in [3.8, 4) is 5.75 Å². The number of hydrogen-bond donors (Lipinski definition) is 6. The maximum atomic E-state index is 11.0. The highest BCUT2D eigenvalue weighted by molar-refractivity contribution is 5.88. The van der Waals surface area contributed by atoms with E-state index >= 15 is 0 Å². The van der Waals surface area contributed by atoms with Crippen LogP contribution in [0.1, 0.15) is 56.4 Å². The van der Waals surface area contributed by atoms with Gasteiger partial charge < -0.3 is 35.5 Å². The molecule has 0 heterocycles. The van der Waals surface area contributed by atoms with Gasteiger partial charge in [-0.15, -0.1) is 0 Å². The number of hydrogen-bond acceptors (Lipinski definition) is 7. The van der Waals surface area contributed by atoms with Gasteiger partial charge in [-0.1, -0.05) is 31.4 Å². The highest BCUT2D eigenvalue weighted by Gasteiger charge is 2.41. The maximum absolute atomic E-state index is 11.0. The fraction of sp³-hybridized carbons (Fsp3) is 0.591. The summed E-state index contributed by atoms with van der Waals surface area (Å²) in [6, 6.07) is 7.31. The lowest BCUT2D eigenvalue weighted by molar-refractivity contribution is -0.170. The Morgan fingerprint density at radius 2 is 1.44 bits per heavy atom. The van der Waals surface area contributed by atoms with Crippen LogP contribution in [-0.4, -0.2) is 85.3 Å². The second-order valence-corrected chi connectivity index (χ2v) is 8.55. The van der Waals surface area contributed by atoms with Crippen molar-refractivity contribution in [2.24, 2.45) is 0 Å². The topological polar surface area (TPSA) is 176 Å². The molecule has 6 N–H and O–H groups in total. The number of aliphatic carboxylic acids is 3.